The number of anilines is 1. The molecular weight excluding hydrogens is 306 g/mol. The summed E-state index contributed by atoms with van der Waals surface area (Å²) in [5.74, 6) is -0.394. The van der Waals surface area contributed by atoms with E-state index >= 15 is 0 Å². The zero-order valence-electron chi connectivity index (χ0n) is 14.4. The fourth-order valence-electron chi connectivity index (χ4n) is 3.35. The number of rotatable bonds is 5. The summed E-state index contributed by atoms with van der Waals surface area (Å²) in [4.78, 5) is 32.6. The molecule has 1 aliphatic rings. The predicted molar refractivity (Wildman–Crippen MR) is 91.6 cm³/mol. The van der Waals surface area contributed by atoms with E-state index in [0.717, 1.165) is 12.8 Å². The highest BCUT2D eigenvalue weighted by Gasteiger charge is 2.39. The highest BCUT2D eigenvalue weighted by Crippen LogP contribution is 2.27. The fourth-order valence-corrected chi connectivity index (χ4v) is 3.35. The summed E-state index contributed by atoms with van der Waals surface area (Å²) in [5, 5.41) is 0. The van der Waals surface area contributed by atoms with Crippen molar-refractivity contribution in [2.24, 2.45) is 5.92 Å². The van der Waals surface area contributed by atoms with Crippen molar-refractivity contribution < 1.29 is 14.0 Å². The summed E-state index contributed by atoms with van der Waals surface area (Å²) < 4.78 is 5.65. The second-order valence-corrected chi connectivity index (χ2v) is 6.28. The van der Waals surface area contributed by atoms with Crippen molar-refractivity contribution in [2.75, 3.05) is 18.5 Å². The maximum absolute atomic E-state index is 12.8. The molecule has 1 unspecified atom stereocenters. The van der Waals surface area contributed by atoms with Gasteiger partial charge in [0.1, 0.15) is 5.52 Å². The Morgan fingerprint density at radius 1 is 1.38 bits per heavy atom. The van der Waals surface area contributed by atoms with E-state index in [9.17, 15) is 9.59 Å². The van der Waals surface area contributed by atoms with Gasteiger partial charge in [-0.15, -0.1) is 0 Å². The normalized spacial score (nSPS) is 17.9. The number of para-hydroxylation sites is 2. The predicted octanol–water partition coefficient (Wildman–Crippen LogP) is 2.83. The Hall–Kier alpha value is -2.37. The van der Waals surface area contributed by atoms with Crippen LogP contribution in [-0.2, 0) is 9.59 Å². The molecule has 1 aromatic carbocycles. The topological polar surface area (TPSA) is 66.7 Å². The summed E-state index contributed by atoms with van der Waals surface area (Å²) >= 11 is 0. The van der Waals surface area contributed by atoms with Crippen molar-refractivity contribution >= 4 is 28.9 Å². The van der Waals surface area contributed by atoms with Gasteiger partial charge in [-0.05, 0) is 25.0 Å². The molecule has 2 heterocycles. The SMILES string of the molecule is CCC(CC)N1CC(C(=O)N(C)c2nc3ccccc3o2)CC1=O. The van der Waals surface area contributed by atoms with E-state index in [1.165, 1.54) is 4.90 Å². The first-order chi connectivity index (χ1) is 11.5. The first-order valence-electron chi connectivity index (χ1n) is 8.47. The number of hydrogen-bond donors (Lipinski definition) is 0. The van der Waals surface area contributed by atoms with Crippen LogP contribution in [0.1, 0.15) is 33.1 Å². The highest BCUT2D eigenvalue weighted by molar-refractivity contribution is 5.98. The number of hydrogen-bond acceptors (Lipinski definition) is 4. The standard InChI is InChI=1S/C18H23N3O3/c1-4-13(5-2)21-11-12(10-16(21)22)17(23)20(3)18-19-14-8-6-7-9-15(14)24-18/h6-9,12-13H,4-5,10-11H2,1-3H3. The van der Waals surface area contributed by atoms with Crippen LogP contribution in [0.25, 0.3) is 11.1 Å². The molecule has 6 heteroatoms. The highest BCUT2D eigenvalue weighted by atomic mass is 16.4. The molecule has 0 saturated carbocycles. The Bertz CT molecular complexity index is 718. The van der Waals surface area contributed by atoms with Crippen LogP contribution in [0.5, 0.6) is 0 Å². The average molecular weight is 329 g/mol. The first-order valence-corrected chi connectivity index (χ1v) is 8.47. The molecular formula is C18H23N3O3. The van der Waals surface area contributed by atoms with Gasteiger partial charge in [0.25, 0.3) is 0 Å². The maximum atomic E-state index is 12.8. The molecule has 1 aromatic heterocycles. The lowest BCUT2D eigenvalue weighted by molar-refractivity contribution is -0.130. The van der Waals surface area contributed by atoms with Crippen molar-refractivity contribution in [1.29, 1.82) is 0 Å². The number of carbonyl (C=O) groups is 2. The van der Waals surface area contributed by atoms with Crippen LogP contribution in [0.4, 0.5) is 6.01 Å². The second-order valence-electron chi connectivity index (χ2n) is 6.28. The van der Waals surface area contributed by atoms with Crippen LogP contribution in [0.2, 0.25) is 0 Å². The van der Waals surface area contributed by atoms with Gasteiger partial charge in [-0.25, -0.2) is 0 Å². The lowest BCUT2D eigenvalue weighted by atomic mass is 10.1. The van der Waals surface area contributed by atoms with Crippen molar-refractivity contribution in [3.63, 3.8) is 0 Å². The fraction of sp³-hybridized carbons (Fsp3) is 0.500. The van der Waals surface area contributed by atoms with Gasteiger partial charge in [-0.1, -0.05) is 26.0 Å². The van der Waals surface area contributed by atoms with E-state index < -0.39 is 0 Å². The second kappa shape index (κ2) is 6.63. The van der Waals surface area contributed by atoms with Gasteiger partial charge in [0.15, 0.2) is 5.58 Å². The van der Waals surface area contributed by atoms with Gasteiger partial charge < -0.3 is 9.32 Å². The first kappa shape index (κ1) is 16.5. The molecule has 1 fully saturated rings. The third-order valence-electron chi connectivity index (χ3n) is 4.79. The van der Waals surface area contributed by atoms with Crippen LogP contribution in [0, 0.1) is 5.92 Å². The number of likely N-dealkylation sites (tertiary alicyclic amines) is 1. The minimum Gasteiger partial charge on any atom is -0.423 e. The summed E-state index contributed by atoms with van der Waals surface area (Å²) in [6, 6.07) is 7.88. The molecule has 128 valence electrons. The lowest BCUT2D eigenvalue weighted by Crippen LogP contribution is -2.38. The molecule has 2 aromatic rings. The number of aromatic nitrogens is 1. The monoisotopic (exact) mass is 329 g/mol. The Morgan fingerprint density at radius 2 is 2.08 bits per heavy atom. The van der Waals surface area contributed by atoms with Gasteiger partial charge >= 0.3 is 6.01 Å². The van der Waals surface area contributed by atoms with Crippen molar-refractivity contribution in [3.8, 4) is 0 Å². The largest absolute Gasteiger partial charge is 0.423 e. The summed E-state index contributed by atoms with van der Waals surface area (Å²) in [7, 11) is 1.65. The molecule has 1 atom stereocenters. The molecule has 0 spiro atoms. The Kier molecular flexibility index (Phi) is 4.55. The number of oxazole rings is 1. The van der Waals surface area contributed by atoms with E-state index in [1.807, 2.05) is 29.2 Å². The van der Waals surface area contributed by atoms with Crippen LogP contribution in [-0.4, -0.2) is 41.3 Å². The Morgan fingerprint density at radius 3 is 2.75 bits per heavy atom. The minimum absolute atomic E-state index is 0.0630. The molecule has 0 N–H and O–H groups in total. The van der Waals surface area contributed by atoms with E-state index in [0.29, 0.717) is 17.6 Å². The lowest BCUT2D eigenvalue weighted by Gasteiger charge is -2.26. The molecule has 2 amide bonds. The van der Waals surface area contributed by atoms with Crippen molar-refractivity contribution in [1.82, 2.24) is 9.88 Å². The Balaban J connectivity index is 1.75. The summed E-state index contributed by atoms with van der Waals surface area (Å²) in [5.41, 5.74) is 1.36. The summed E-state index contributed by atoms with van der Waals surface area (Å²) in [6.45, 7) is 4.62. The van der Waals surface area contributed by atoms with Crippen LogP contribution >= 0.6 is 0 Å². The number of benzene rings is 1. The zero-order valence-corrected chi connectivity index (χ0v) is 14.4. The number of amides is 2. The third-order valence-corrected chi connectivity index (χ3v) is 4.79. The molecule has 0 aliphatic carbocycles. The minimum atomic E-state index is -0.335. The molecule has 0 radical (unpaired) electrons. The smallest absolute Gasteiger partial charge is 0.304 e. The zero-order chi connectivity index (χ0) is 17.3. The molecule has 1 saturated heterocycles. The van der Waals surface area contributed by atoms with E-state index in [4.69, 9.17) is 4.42 Å². The van der Waals surface area contributed by atoms with Crippen molar-refractivity contribution in [2.45, 2.75) is 39.2 Å². The quantitative estimate of drug-likeness (QED) is 0.846. The van der Waals surface area contributed by atoms with Crippen LogP contribution in [0.15, 0.2) is 28.7 Å². The maximum Gasteiger partial charge on any atom is 0.304 e. The Labute approximate surface area is 141 Å². The van der Waals surface area contributed by atoms with E-state index in [1.54, 1.807) is 7.05 Å². The molecule has 3 rings (SSSR count). The third kappa shape index (κ3) is 2.88. The van der Waals surface area contributed by atoms with E-state index in [2.05, 4.69) is 18.8 Å². The average Bonchev–Trinajstić information content (AvgIpc) is 3.19. The molecule has 6 nitrogen and oxygen atoms in total. The van der Waals surface area contributed by atoms with Gasteiger partial charge in [0.05, 0.1) is 5.92 Å². The van der Waals surface area contributed by atoms with Crippen LogP contribution < -0.4 is 4.90 Å². The van der Waals surface area contributed by atoms with Crippen LogP contribution in [0.3, 0.4) is 0 Å². The summed E-state index contributed by atoms with van der Waals surface area (Å²) in [6.07, 6.45) is 2.08. The molecule has 1 aliphatic heterocycles. The van der Waals surface area contributed by atoms with Gasteiger partial charge in [-0.3, -0.25) is 14.5 Å². The van der Waals surface area contributed by atoms with Gasteiger partial charge in [0, 0.05) is 26.1 Å². The number of nitrogens with zero attached hydrogens (tertiary/aromatic N) is 3. The number of fused-ring (bicyclic) bond motifs is 1. The van der Waals surface area contributed by atoms with Gasteiger partial charge in [0.2, 0.25) is 11.8 Å². The number of carbonyl (C=O) groups excluding carboxylic acids is 2. The van der Waals surface area contributed by atoms with E-state index in [-0.39, 0.29) is 36.2 Å². The van der Waals surface area contributed by atoms with Crippen molar-refractivity contribution in [3.05, 3.63) is 24.3 Å². The van der Waals surface area contributed by atoms with Gasteiger partial charge in [-0.2, -0.15) is 4.98 Å². The molecule has 0 bridgehead atoms. The molecule has 24 heavy (non-hydrogen) atoms.